The molecule has 3 nitrogen and oxygen atoms in total. The molecule has 0 heterocycles. The van der Waals surface area contributed by atoms with Gasteiger partial charge in [0.1, 0.15) is 12.4 Å². The Bertz CT molecular complexity index is 1020. The first-order valence-corrected chi connectivity index (χ1v) is 9.97. The molecule has 0 N–H and O–H groups in total. The average molecular weight is 510 g/mol. The van der Waals surface area contributed by atoms with Gasteiger partial charge in [0.25, 0.3) is 0 Å². The van der Waals surface area contributed by atoms with Crippen LogP contribution in [-0.2, 0) is 6.61 Å². The predicted octanol–water partition coefficient (Wildman–Crippen LogP) is 6.73. The third-order valence-electron chi connectivity index (χ3n) is 4.10. The normalized spacial score (nSPS) is 11.0. The van der Waals surface area contributed by atoms with E-state index >= 15 is 0 Å². The van der Waals surface area contributed by atoms with E-state index in [2.05, 4.69) is 27.6 Å². The summed E-state index contributed by atoms with van der Waals surface area (Å²) in [5.41, 5.74) is 3.12. The maximum atomic E-state index is 13.8. The van der Waals surface area contributed by atoms with Crippen molar-refractivity contribution in [2.24, 2.45) is 4.99 Å². The van der Waals surface area contributed by atoms with Gasteiger partial charge in [-0.1, -0.05) is 35.9 Å². The number of nitrogens with zero attached hydrogens (tertiary/aromatic N) is 1. The highest BCUT2D eigenvalue weighted by atomic mass is 127. The maximum Gasteiger partial charge on any atom is 0.174 e. The van der Waals surface area contributed by atoms with Crippen LogP contribution in [-0.4, -0.2) is 13.3 Å². The van der Waals surface area contributed by atoms with Crippen molar-refractivity contribution < 1.29 is 13.9 Å². The van der Waals surface area contributed by atoms with Gasteiger partial charge in [-0.05, 0) is 71.0 Å². The fraction of sp³-hybridized carbons (Fsp3) is 0.136. The minimum absolute atomic E-state index is 0.119. The Morgan fingerprint density at radius 2 is 1.93 bits per heavy atom. The summed E-state index contributed by atoms with van der Waals surface area (Å²) in [7, 11) is 1.57. The molecule has 0 saturated heterocycles. The van der Waals surface area contributed by atoms with E-state index in [1.807, 2.05) is 37.3 Å². The van der Waals surface area contributed by atoms with E-state index in [1.54, 1.807) is 31.5 Å². The zero-order chi connectivity index (χ0) is 20.1. The second-order valence-corrected chi connectivity index (χ2v) is 7.68. The summed E-state index contributed by atoms with van der Waals surface area (Å²) >= 11 is 8.32. The minimum atomic E-state index is -0.294. The molecule has 0 amide bonds. The van der Waals surface area contributed by atoms with E-state index < -0.39 is 0 Å². The summed E-state index contributed by atoms with van der Waals surface area (Å²) in [6.45, 7) is 2.07. The molecule has 3 aromatic rings. The third kappa shape index (κ3) is 5.02. The summed E-state index contributed by atoms with van der Waals surface area (Å²) in [6, 6.07) is 16.0. The fourth-order valence-corrected chi connectivity index (χ4v) is 3.49. The average Bonchev–Trinajstić information content (AvgIpc) is 2.68. The number of benzene rings is 3. The van der Waals surface area contributed by atoms with Crippen LogP contribution in [0.2, 0.25) is 5.02 Å². The van der Waals surface area contributed by atoms with Gasteiger partial charge in [0.05, 0.1) is 16.4 Å². The van der Waals surface area contributed by atoms with E-state index in [0.29, 0.717) is 22.1 Å². The SMILES string of the molecule is COc1cc(C=Nc2ccc(C)c(Cl)c2)cc(I)c1OCc1ccccc1F. The second-order valence-electron chi connectivity index (χ2n) is 6.11. The summed E-state index contributed by atoms with van der Waals surface area (Å²) in [4.78, 5) is 4.47. The molecule has 0 fully saturated rings. The van der Waals surface area contributed by atoms with Gasteiger partial charge in [0, 0.05) is 16.8 Å². The van der Waals surface area contributed by atoms with Gasteiger partial charge >= 0.3 is 0 Å². The molecule has 0 bridgehead atoms. The van der Waals surface area contributed by atoms with E-state index in [-0.39, 0.29) is 12.4 Å². The highest BCUT2D eigenvalue weighted by Crippen LogP contribution is 2.34. The van der Waals surface area contributed by atoms with Crippen molar-refractivity contribution in [1.29, 1.82) is 0 Å². The van der Waals surface area contributed by atoms with Gasteiger partial charge in [-0.15, -0.1) is 0 Å². The van der Waals surface area contributed by atoms with Crippen molar-refractivity contribution in [1.82, 2.24) is 0 Å². The summed E-state index contributed by atoms with van der Waals surface area (Å²) in [5, 5.41) is 0.679. The molecule has 0 saturated carbocycles. The number of hydrogen-bond donors (Lipinski definition) is 0. The maximum absolute atomic E-state index is 13.8. The Labute approximate surface area is 182 Å². The van der Waals surface area contributed by atoms with Crippen LogP contribution < -0.4 is 9.47 Å². The first-order valence-electron chi connectivity index (χ1n) is 8.52. The van der Waals surface area contributed by atoms with Gasteiger partial charge in [0.15, 0.2) is 11.5 Å². The Morgan fingerprint density at radius 3 is 2.64 bits per heavy atom. The zero-order valence-corrected chi connectivity index (χ0v) is 18.3. The summed E-state index contributed by atoms with van der Waals surface area (Å²) in [5.74, 6) is 0.838. The van der Waals surface area contributed by atoms with Gasteiger partial charge in [0.2, 0.25) is 0 Å². The van der Waals surface area contributed by atoms with Crippen LogP contribution in [0.25, 0.3) is 0 Å². The number of rotatable bonds is 6. The van der Waals surface area contributed by atoms with Gasteiger partial charge in [-0.3, -0.25) is 4.99 Å². The molecule has 0 aliphatic rings. The standard InChI is InChI=1S/C22H18ClFINO2/c1-14-7-8-17(11-18(14)23)26-12-15-9-20(25)22(21(10-15)27-2)28-13-16-5-3-4-6-19(16)24/h3-12H,13H2,1-2H3. The minimum Gasteiger partial charge on any atom is -0.493 e. The highest BCUT2D eigenvalue weighted by molar-refractivity contribution is 14.1. The summed E-state index contributed by atoms with van der Waals surface area (Å²) < 4.78 is 26.0. The van der Waals surface area contributed by atoms with Gasteiger partial charge in [-0.25, -0.2) is 4.39 Å². The van der Waals surface area contributed by atoms with Crippen LogP contribution in [0.15, 0.2) is 59.6 Å². The molecule has 0 unspecified atom stereocenters. The van der Waals surface area contributed by atoms with E-state index in [0.717, 1.165) is 20.4 Å². The Morgan fingerprint density at radius 1 is 1.14 bits per heavy atom. The molecule has 0 atom stereocenters. The lowest BCUT2D eigenvalue weighted by Gasteiger charge is -2.14. The monoisotopic (exact) mass is 509 g/mol. The molecular weight excluding hydrogens is 492 g/mol. The largest absolute Gasteiger partial charge is 0.493 e. The molecular formula is C22H18ClFINO2. The lowest BCUT2D eigenvalue weighted by Crippen LogP contribution is -2.02. The second kappa shape index (κ2) is 9.39. The van der Waals surface area contributed by atoms with Crippen LogP contribution in [0, 0.1) is 16.3 Å². The van der Waals surface area contributed by atoms with Crippen LogP contribution in [0.5, 0.6) is 11.5 Å². The number of aryl methyl sites for hydroxylation is 1. The number of aliphatic imine (C=N–C) groups is 1. The van der Waals surface area contributed by atoms with Crippen molar-refractivity contribution in [3.63, 3.8) is 0 Å². The molecule has 3 aromatic carbocycles. The Hall–Kier alpha value is -2.12. The van der Waals surface area contributed by atoms with E-state index in [1.165, 1.54) is 6.07 Å². The number of methoxy groups -OCH3 is 1. The van der Waals surface area contributed by atoms with Crippen molar-refractivity contribution in [2.45, 2.75) is 13.5 Å². The third-order valence-corrected chi connectivity index (χ3v) is 5.31. The molecule has 6 heteroatoms. The van der Waals surface area contributed by atoms with Gasteiger partial charge in [-0.2, -0.15) is 0 Å². The number of hydrogen-bond acceptors (Lipinski definition) is 3. The van der Waals surface area contributed by atoms with Crippen molar-refractivity contribution >= 4 is 46.1 Å². The van der Waals surface area contributed by atoms with Crippen LogP contribution >= 0.6 is 34.2 Å². The van der Waals surface area contributed by atoms with Crippen molar-refractivity contribution in [3.05, 3.63) is 85.7 Å². The molecule has 28 heavy (non-hydrogen) atoms. The molecule has 0 radical (unpaired) electrons. The fourth-order valence-electron chi connectivity index (χ4n) is 2.53. The summed E-state index contributed by atoms with van der Waals surface area (Å²) in [6.07, 6.45) is 1.74. The van der Waals surface area contributed by atoms with Crippen LogP contribution in [0.4, 0.5) is 10.1 Å². The molecule has 0 spiro atoms. The quantitative estimate of drug-likeness (QED) is 0.272. The van der Waals surface area contributed by atoms with Crippen LogP contribution in [0.3, 0.4) is 0 Å². The van der Waals surface area contributed by atoms with Crippen molar-refractivity contribution in [2.75, 3.05) is 7.11 Å². The number of halogens is 3. The van der Waals surface area contributed by atoms with E-state index in [9.17, 15) is 4.39 Å². The predicted molar refractivity (Wildman–Crippen MR) is 120 cm³/mol. The van der Waals surface area contributed by atoms with Crippen molar-refractivity contribution in [3.8, 4) is 11.5 Å². The lowest BCUT2D eigenvalue weighted by molar-refractivity contribution is 0.277. The first kappa shape index (κ1) is 20.6. The Kier molecular flexibility index (Phi) is 6.91. The van der Waals surface area contributed by atoms with Crippen LogP contribution in [0.1, 0.15) is 16.7 Å². The lowest BCUT2D eigenvalue weighted by atomic mass is 10.2. The van der Waals surface area contributed by atoms with E-state index in [4.69, 9.17) is 21.1 Å². The zero-order valence-electron chi connectivity index (χ0n) is 15.4. The van der Waals surface area contributed by atoms with Gasteiger partial charge < -0.3 is 9.47 Å². The molecule has 0 aromatic heterocycles. The molecule has 0 aliphatic heterocycles. The molecule has 144 valence electrons. The molecule has 0 aliphatic carbocycles. The highest BCUT2D eigenvalue weighted by Gasteiger charge is 2.12. The Balaban J connectivity index is 1.81. The first-order chi connectivity index (χ1) is 13.5. The molecule has 3 rings (SSSR count). The number of ether oxygens (including phenoxy) is 2. The topological polar surface area (TPSA) is 30.8 Å². The smallest absolute Gasteiger partial charge is 0.174 e.